The number of hydrogen-bond acceptors (Lipinski definition) is 3. The summed E-state index contributed by atoms with van der Waals surface area (Å²) in [5.74, 6) is 0.550. The molecule has 0 atom stereocenters. The molecule has 0 heterocycles. The molecule has 19 heavy (non-hydrogen) atoms. The summed E-state index contributed by atoms with van der Waals surface area (Å²) in [4.78, 5) is 12.5. The first-order chi connectivity index (χ1) is 9.02. The number of carbonyl (C=O) groups excluding carboxylic acids is 1. The third-order valence-corrected chi connectivity index (χ3v) is 3.02. The van der Waals surface area contributed by atoms with Crippen molar-refractivity contribution in [2.45, 2.75) is 13.8 Å². The maximum atomic E-state index is 12.5. The Hall–Kier alpha value is -2.29. The van der Waals surface area contributed by atoms with E-state index in [2.05, 4.69) is 0 Å². The van der Waals surface area contributed by atoms with Gasteiger partial charge in [-0.25, -0.2) is 0 Å². The van der Waals surface area contributed by atoms with E-state index < -0.39 is 0 Å². The van der Waals surface area contributed by atoms with E-state index in [1.807, 2.05) is 26.0 Å². The average molecular weight is 255 g/mol. The van der Waals surface area contributed by atoms with Crippen molar-refractivity contribution in [3.05, 3.63) is 58.7 Å². The van der Waals surface area contributed by atoms with Crippen LogP contribution in [0.1, 0.15) is 27.0 Å². The molecular formula is C16H17NO2. The van der Waals surface area contributed by atoms with Gasteiger partial charge < -0.3 is 10.5 Å². The normalized spacial score (nSPS) is 10.3. The van der Waals surface area contributed by atoms with Gasteiger partial charge in [-0.1, -0.05) is 18.2 Å². The molecule has 0 unspecified atom stereocenters. The van der Waals surface area contributed by atoms with Crippen LogP contribution in [0.3, 0.4) is 0 Å². The highest BCUT2D eigenvalue weighted by atomic mass is 16.5. The molecule has 3 nitrogen and oxygen atoms in total. The number of anilines is 1. The number of ether oxygens (including phenoxy) is 1. The van der Waals surface area contributed by atoms with Gasteiger partial charge in [-0.3, -0.25) is 4.79 Å². The van der Waals surface area contributed by atoms with Crippen LogP contribution < -0.4 is 10.5 Å². The average Bonchev–Trinajstić information content (AvgIpc) is 2.37. The zero-order valence-corrected chi connectivity index (χ0v) is 11.4. The van der Waals surface area contributed by atoms with E-state index in [0.717, 1.165) is 11.1 Å². The number of nitrogens with two attached hydrogens (primary N) is 1. The molecule has 0 fully saturated rings. The number of rotatable bonds is 3. The summed E-state index contributed by atoms with van der Waals surface area (Å²) in [5, 5.41) is 0. The molecule has 2 N–H and O–H groups in total. The third-order valence-electron chi connectivity index (χ3n) is 3.02. The molecule has 2 rings (SSSR count). The molecule has 0 aromatic heterocycles. The van der Waals surface area contributed by atoms with Gasteiger partial charge in [0.1, 0.15) is 5.75 Å². The first-order valence-electron chi connectivity index (χ1n) is 6.08. The van der Waals surface area contributed by atoms with Gasteiger partial charge in [0, 0.05) is 11.3 Å². The van der Waals surface area contributed by atoms with Gasteiger partial charge in [-0.15, -0.1) is 0 Å². The molecule has 0 radical (unpaired) electrons. The molecule has 0 amide bonds. The Morgan fingerprint density at radius 1 is 1.16 bits per heavy atom. The number of hydrogen-bond donors (Lipinski definition) is 1. The Bertz CT molecular complexity index is 633. The van der Waals surface area contributed by atoms with E-state index >= 15 is 0 Å². The van der Waals surface area contributed by atoms with Crippen molar-refractivity contribution in [1.82, 2.24) is 0 Å². The predicted octanol–water partition coefficient (Wildman–Crippen LogP) is 3.13. The number of aryl methyl sites for hydroxylation is 2. The lowest BCUT2D eigenvalue weighted by molar-refractivity contribution is 0.103. The van der Waals surface area contributed by atoms with Gasteiger partial charge in [0.2, 0.25) is 0 Å². The molecule has 98 valence electrons. The van der Waals surface area contributed by atoms with Crippen LogP contribution in [0.5, 0.6) is 5.75 Å². The zero-order chi connectivity index (χ0) is 14.0. The highest BCUT2D eigenvalue weighted by Gasteiger charge is 2.16. The summed E-state index contributed by atoms with van der Waals surface area (Å²) in [7, 11) is 1.58. The molecule has 0 spiro atoms. The maximum Gasteiger partial charge on any atom is 0.196 e. The molecule has 0 aliphatic rings. The molecular weight excluding hydrogens is 238 g/mol. The van der Waals surface area contributed by atoms with Gasteiger partial charge in [0.25, 0.3) is 0 Å². The zero-order valence-electron chi connectivity index (χ0n) is 11.4. The summed E-state index contributed by atoms with van der Waals surface area (Å²) in [5.41, 5.74) is 9.43. The second-order valence-electron chi connectivity index (χ2n) is 4.62. The summed E-state index contributed by atoms with van der Waals surface area (Å²) < 4.78 is 5.35. The lowest BCUT2D eigenvalue weighted by atomic mass is 9.98. The van der Waals surface area contributed by atoms with Crippen molar-refractivity contribution in [3.8, 4) is 5.75 Å². The second-order valence-corrected chi connectivity index (χ2v) is 4.62. The number of benzene rings is 2. The fourth-order valence-corrected chi connectivity index (χ4v) is 2.23. The number of ketones is 1. The van der Waals surface area contributed by atoms with Crippen LogP contribution >= 0.6 is 0 Å². The summed E-state index contributed by atoms with van der Waals surface area (Å²) >= 11 is 0. The van der Waals surface area contributed by atoms with Crippen molar-refractivity contribution >= 4 is 11.5 Å². The minimum absolute atomic E-state index is 0.0732. The molecule has 3 heteroatoms. The standard InChI is InChI=1S/C16H17NO2/c1-10-7-11(2)16(19-3)14(8-10)15(18)12-5-4-6-13(17)9-12/h4-9H,17H2,1-3H3. The predicted molar refractivity (Wildman–Crippen MR) is 76.8 cm³/mol. The Morgan fingerprint density at radius 3 is 2.53 bits per heavy atom. The fraction of sp³-hybridized carbons (Fsp3) is 0.188. The molecule has 2 aromatic carbocycles. The minimum atomic E-state index is -0.0732. The molecule has 0 saturated heterocycles. The van der Waals surface area contributed by atoms with Crippen LogP contribution in [0.25, 0.3) is 0 Å². The Morgan fingerprint density at radius 2 is 1.89 bits per heavy atom. The van der Waals surface area contributed by atoms with E-state index in [9.17, 15) is 4.79 Å². The Kier molecular flexibility index (Phi) is 3.56. The first-order valence-corrected chi connectivity index (χ1v) is 6.08. The van der Waals surface area contributed by atoms with Crippen LogP contribution in [0, 0.1) is 13.8 Å². The number of carbonyl (C=O) groups is 1. The first kappa shape index (κ1) is 13.1. The van der Waals surface area contributed by atoms with Gasteiger partial charge in [0.05, 0.1) is 12.7 Å². The van der Waals surface area contributed by atoms with Crippen LogP contribution in [0.2, 0.25) is 0 Å². The smallest absolute Gasteiger partial charge is 0.196 e. The molecule has 0 bridgehead atoms. The number of nitrogen functional groups attached to an aromatic ring is 1. The quantitative estimate of drug-likeness (QED) is 0.677. The molecule has 2 aromatic rings. The van der Waals surface area contributed by atoms with E-state index in [-0.39, 0.29) is 5.78 Å². The second kappa shape index (κ2) is 5.14. The van der Waals surface area contributed by atoms with E-state index in [0.29, 0.717) is 22.6 Å². The van der Waals surface area contributed by atoms with E-state index in [1.54, 1.807) is 31.4 Å². The van der Waals surface area contributed by atoms with E-state index in [4.69, 9.17) is 10.5 Å². The molecule has 0 saturated carbocycles. The Labute approximate surface area is 113 Å². The molecule has 0 aliphatic heterocycles. The minimum Gasteiger partial charge on any atom is -0.496 e. The topological polar surface area (TPSA) is 52.3 Å². The summed E-state index contributed by atoms with van der Waals surface area (Å²) in [6.07, 6.45) is 0. The monoisotopic (exact) mass is 255 g/mol. The van der Waals surface area contributed by atoms with Gasteiger partial charge in [0.15, 0.2) is 5.78 Å². The molecule has 0 aliphatic carbocycles. The highest BCUT2D eigenvalue weighted by Crippen LogP contribution is 2.27. The lowest BCUT2D eigenvalue weighted by Gasteiger charge is -2.12. The van der Waals surface area contributed by atoms with Crippen molar-refractivity contribution < 1.29 is 9.53 Å². The van der Waals surface area contributed by atoms with Crippen LogP contribution in [0.4, 0.5) is 5.69 Å². The van der Waals surface area contributed by atoms with Gasteiger partial charge in [-0.05, 0) is 43.2 Å². The summed E-state index contributed by atoms with van der Waals surface area (Å²) in [6, 6.07) is 10.8. The number of methoxy groups -OCH3 is 1. The van der Waals surface area contributed by atoms with Crippen molar-refractivity contribution in [2.24, 2.45) is 0 Å². The van der Waals surface area contributed by atoms with Crippen LogP contribution in [0.15, 0.2) is 36.4 Å². The van der Waals surface area contributed by atoms with Crippen LogP contribution in [-0.4, -0.2) is 12.9 Å². The van der Waals surface area contributed by atoms with Gasteiger partial charge in [-0.2, -0.15) is 0 Å². The van der Waals surface area contributed by atoms with Crippen molar-refractivity contribution in [1.29, 1.82) is 0 Å². The van der Waals surface area contributed by atoms with Gasteiger partial charge >= 0.3 is 0 Å². The summed E-state index contributed by atoms with van der Waals surface area (Å²) in [6.45, 7) is 3.89. The lowest BCUT2D eigenvalue weighted by Crippen LogP contribution is -2.06. The third kappa shape index (κ3) is 2.60. The largest absolute Gasteiger partial charge is 0.496 e. The van der Waals surface area contributed by atoms with Crippen molar-refractivity contribution in [2.75, 3.05) is 12.8 Å². The van der Waals surface area contributed by atoms with Crippen molar-refractivity contribution in [3.63, 3.8) is 0 Å². The highest BCUT2D eigenvalue weighted by molar-refractivity contribution is 6.11. The Balaban J connectivity index is 2.55. The SMILES string of the molecule is COc1c(C)cc(C)cc1C(=O)c1cccc(N)c1. The van der Waals surface area contributed by atoms with Crippen LogP contribution in [-0.2, 0) is 0 Å². The fourth-order valence-electron chi connectivity index (χ4n) is 2.23. The maximum absolute atomic E-state index is 12.5. The van der Waals surface area contributed by atoms with E-state index in [1.165, 1.54) is 0 Å².